The molecule has 192 valence electrons. The van der Waals surface area contributed by atoms with Gasteiger partial charge in [0.25, 0.3) is 5.78 Å². The second kappa shape index (κ2) is 11.4. The number of amides is 1. The monoisotopic (exact) mass is 625 g/mol. The van der Waals surface area contributed by atoms with Gasteiger partial charge in [0.1, 0.15) is 5.76 Å². The summed E-state index contributed by atoms with van der Waals surface area (Å²) in [5.41, 5.74) is 3.35. The highest BCUT2D eigenvalue weighted by atomic mass is 79.9. The molecule has 1 aromatic heterocycles. The lowest BCUT2D eigenvalue weighted by Gasteiger charge is -2.22. The number of rotatable bonds is 7. The van der Waals surface area contributed by atoms with Gasteiger partial charge in [-0.3, -0.25) is 14.5 Å². The summed E-state index contributed by atoms with van der Waals surface area (Å²) >= 11 is 12.1. The van der Waals surface area contributed by atoms with E-state index in [1.807, 2.05) is 48.5 Å². The number of benzene rings is 3. The van der Waals surface area contributed by atoms with E-state index in [-0.39, 0.29) is 11.3 Å². The molecule has 0 radical (unpaired) electrons. The number of Topliss-reactive ketones (excluding diaryl/α,β-unsaturated/α-hetero) is 1. The van der Waals surface area contributed by atoms with Gasteiger partial charge in [-0.05, 0) is 47.4 Å². The van der Waals surface area contributed by atoms with Gasteiger partial charge in [-0.15, -0.1) is 10.2 Å². The fraction of sp³-hybridized carbons (Fsp3) is 0.143. The number of aromatic nitrogens is 2. The SMILES string of the molecule is CCc1ccc(C2/C(=C(/O)c3ccc(Br)cc3)C(=O)C(=O)N2c2nnc(SCc3ccc(Cl)cc3)s2)cc1. The van der Waals surface area contributed by atoms with Gasteiger partial charge in [0.15, 0.2) is 4.34 Å². The third-order valence-electron chi connectivity index (χ3n) is 6.14. The smallest absolute Gasteiger partial charge is 0.301 e. The molecule has 6 nitrogen and oxygen atoms in total. The van der Waals surface area contributed by atoms with E-state index in [9.17, 15) is 14.7 Å². The highest BCUT2D eigenvalue weighted by Crippen LogP contribution is 2.44. The minimum absolute atomic E-state index is 0.0205. The van der Waals surface area contributed by atoms with Crippen molar-refractivity contribution in [1.82, 2.24) is 10.2 Å². The Labute approximate surface area is 241 Å². The summed E-state index contributed by atoms with van der Waals surface area (Å²) in [6, 6.07) is 21.3. The second-order valence-corrected chi connectivity index (χ2v) is 12.1. The molecule has 1 N–H and O–H groups in total. The van der Waals surface area contributed by atoms with E-state index in [1.54, 1.807) is 24.3 Å². The molecule has 2 heterocycles. The van der Waals surface area contributed by atoms with E-state index in [4.69, 9.17) is 11.6 Å². The normalized spacial score (nSPS) is 16.8. The molecule has 1 saturated heterocycles. The van der Waals surface area contributed by atoms with Crippen LogP contribution in [0.5, 0.6) is 0 Å². The number of carbonyl (C=O) groups is 2. The van der Waals surface area contributed by atoms with Gasteiger partial charge in [0.2, 0.25) is 5.13 Å². The van der Waals surface area contributed by atoms with Crippen molar-refractivity contribution in [3.05, 3.63) is 110 Å². The van der Waals surface area contributed by atoms with Crippen LogP contribution in [0.1, 0.15) is 35.2 Å². The minimum atomic E-state index is -0.841. The summed E-state index contributed by atoms with van der Waals surface area (Å²) in [4.78, 5) is 28.1. The maximum atomic E-state index is 13.4. The van der Waals surface area contributed by atoms with Crippen molar-refractivity contribution in [1.29, 1.82) is 0 Å². The average molecular weight is 627 g/mol. The first-order valence-corrected chi connectivity index (χ1v) is 14.7. The number of thioether (sulfide) groups is 1. The van der Waals surface area contributed by atoms with Crippen LogP contribution >= 0.6 is 50.6 Å². The van der Waals surface area contributed by atoms with E-state index in [0.717, 1.165) is 22.0 Å². The summed E-state index contributed by atoms with van der Waals surface area (Å²) in [6.07, 6.45) is 0.851. The van der Waals surface area contributed by atoms with Crippen LogP contribution in [0.2, 0.25) is 5.02 Å². The van der Waals surface area contributed by atoms with Gasteiger partial charge in [-0.1, -0.05) is 106 Å². The largest absolute Gasteiger partial charge is 0.507 e. The number of hydrogen-bond donors (Lipinski definition) is 1. The first-order valence-electron chi connectivity index (χ1n) is 11.7. The molecule has 0 aliphatic carbocycles. The number of anilines is 1. The first-order chi connectivity index (χ1) is 18.4. The Bertz CT molecular complexity index is 1520. The predicted octanol–water partition coefficient (Wildman–Crippen LogP) is 7.44. The number of aliphatic hydroxyl groups is 1. The number of aliphatic hydroxyl groups excluding tert-OH is 1. The Morgan fingerprint density at radius 3 is 2.32 bits per heavy atom. The molecule has 5 rings (SSSR count). The molecule has 1 unspecified atom stereocenters. The third-order valence-corrected chi connectivity index (χ3v) is 9.05. The zero-order valence-electron chi connectivity index (χ0n) is 20.1. The quantitative estimate of drug-likeness (QED) is 0.0755. The average Bonchev–Trinajstić information content (AvgIpc) is 3.50. The first kappa shape index (κ1) is 26.6. The Morgan fingerprint density at radius 1 is 1.00 bits per heavy atom. The zero-order valence-corrected chi connectivity index (χ0v) is 24.1. The highest BCUT2D eigenvalue weighted by Gasteiger charge is 2.48. The van der Waals surface area contributed by atoms with E-state index >= 15 is 0 Å². The Morgan fingerprint density at radius 2 is 1.66 bits per heavy atom. The van der Waals surface area contributed by atoms with Gasteiger partial charge >= 0.3 is 5.91 Å². The fourth-order valence-electron chi connectivity index (χ4n) is 4.13. The predicted molar refractivity (Wildman–Crippen MR) is 156 cm³/mol. The Balaban J connectivity index is 1.53. The van der Waals surface area contributed by atoms with Crippen LogP contribution in [0, 0.1) is 0 Å². The van der Waals surface area contributed by atoms with Crippen molar-refractivity contribution in [2.75, 3.05) is 4.90 Å². The molecule has 1 fully saturated rings. The number of aryl methyl sites for hydroxylation is 1. The third kappa shape index (κ3) is 5.42. The maximum absolute atomic E-state index is 13.4. The van der Waals surface area contributed by atoms with Crippen LogP contribution in [-0.4, -0.2) is 27.0 Å². The summed E-state index contributed by atoms with van der Waals surface area (Å²) in [6.45, 7) is 2.05. The van der Waals surface area contributed by atoms with Crippen molar-refractivity contribution in [3.8, 4) is 0 Å². The summed E-state index contributed by atoms with van der Waals surface area (Å²) in [5.74, 6) is -1.10. The van der Waals surface area contributed by atoms with Crippen LogP contribution in [0.15, 0.2) is 87.2 Å². The molecule has 0 bridgehead atoms. The summed E-state index contributed by atoms with van der Waals surface area (Å²) in [5, 5.41) is 20.7. The van der Waals surface area contributed by atoms with Gasteiger partial charge in [0, 0.05) is 20.8 Å². The Hall–Kier alpha value is -2.98. The molecule has 1 amide bonds. The van der Waals surface area contributed by atoms with E-state index in [0.29, 0.717) is 31.4 Å². The summed E-state index contributed by atoms with van der Waals surface area (Å²) in [7, 11) is 0. The summed E-state index contributed by atoms with van der Waals surface area (Å²) < 4.78 is 1.49. The van der Waals surface area contributed by atoms with Gasteiger partial charge in [0.05, 0.1) is 11.6 Å². The van der Waals surface area contributed by atoms with Crippen molar-refractivity contribution in [2.45, 2.75) is 29.5 Å². The molecule has 3 aromatic carbocycles. The number of halogens is 2. The molecule has 38 heavy (non-hydrogen) atoms. The maximum Gasteiger partial charge on any atom is 0.301 e. The van der Waals surface area contributed by atoms with E-state index in [2.05, 4.69) is 33.1 Å². The zero-order chi connectivity index (χ0) is 26.8. The van der Waals surface area contributed by atoms with Crippen molar-refractivity contribution >= 4 is 73.2 Å². The highest BCUT2D eigenvalue weighted by molar-refractivity contribution is 9.10. The second-order valence-electron chi connectivity index (χ2n) is 8.54. The molecule has 1 atom stereocenters. The molecule has 4 aromatic rings. The number of nitrogens with zero attached hydrogens (tertiary/aromatic N) is 3. The molecule has 1 aliphatic heterocycles. The van der Waals surface area contributed by atoms with Gasteiger partial charge in [-0.2, -0.15) is 0 Å². The van der Waals surface area contributed by atoms with Gasteiger partial charge in [-0.25, -0.2) is 0 Å². The molecule has 0 spiro atoms. The lowest BCUT2D eigenvalue weighted by atomic mass is 9.94. The van der Waals surface area contributed by atoms with Crippen LogP contribution in [0.25, 0.3) is 5.76 Å². The van der Waals surface area contributed by atoms with Crippen LogP contribution in [-0.2, 0) is 21.8 Å². The fourth-order valence-corrected chi connectivity index (χ4v) is 6.34. The molecular weight excluding hydrogens is 606 g/mol. The lowest BCUT2D eigenvalue weighted by molar-refractivity contribution is -0.132. The van der Waals surface area contributed by atoms with Crippen LogP contribution in [0.4, 0.5) is 5.13 Å². The Kier molecular flexibility index (Phi) is 7.99. The molecular formula is C28H21BrClN3O3S2. The molecule has 10 heteroatoms. The topological polar surface area (TPSA) is 83.4 Å². The van der Waals surface area contributed by atoms with Gasteiger partial charge < -0.3 is 5.11 Å². The molecule has 0 saturated carbocycles. The number of carbonyl (C=O) groups excluding carboxylic acids is 2. The standard InChI is InChI=1S/C28H21BrClN3O3S2/c1-2-16-3-7-18(8-4-16)23-22(24(34)19-9-11-20(29)12-10-19)25(35)26(36)33(23)27-31-32-28(38-27)37-15-17-5-13-21(30)14-6-17/h3-14,23,34H,2,15H2,1H3/b24-22-. The van der Waals surface area contributed by atoms with Crippen LogP contribution < -0.4 is 4.90 Å². The van der Waals surface area contributed by atoms with Crippen molar-refractivity contribution in [3.63, 3.8) is 0 Å². The number of ketones is 1. The van der Waals surface area contributed by atoms with Crippen LogP contribution in [0.3, 0.4) is 0 Å². The lowest BCUT2D eigenvalue weighted by Crippen LogP contribution is -2.29. The van der Waals surface area contributed by atoms with E-state index < -0.39 is 17.7 Å². The van der Waals surface area contributed by atoms with Crippen molar-refractivity contribution in [2.24, 2.45) is 0 Å². The minimum Gasteiger partial charge on any atom is -0.507 e. The molecule has 1 aliphatic rings. The van der Waals surface area contributed by atoms with E-state index in [1.165, 1.54) is 28.0 Å². The number of hydrogen-bond acceptors (Lipinski definition) is 7. The van der Waals surface area contributed by atoms with Crippen molar-refractivity contribution < 1.29 is 14.7 Å².